The lowest BCUT2D eigenvalue weighted by atomic mass is 10.2. The molecule has 23 heavy (non-hydrogen) atoms. The first-order valence-electron chi connectivity index (χ1n) is 7.44. The third-order valence-electron chi connectivity index (χ3n) is 3.98. The number of rotatable bonds is 3. The molecule has 0 amide bonds. The standard InChI is InChI=1S/C15H17N7.ClH/c16-10-1-2-11(9-10)19-15-17-6-3-12(21-15)13-5-8-22-14(20-13)4-7-18-22;/h3-8,10-11H,1-2,9,16H2,(H,17,19,21);1H/t10-,11-;/m0./s1. The van der Waals surface area contributed by atoms with E-state index in [2.05, 4.69) is 25.4 Å². The maximum Gasteiger partial charge on any atom is 0.223 e. The summed E-state index contributed by atoms with van der Waals surface area (Å²) in [5.74, 6) is 0.631. The van der Waals surface area contributed by atoms with Crippen LogP contribution in [0.25, 0.3) is 17.0 Å². The summed E-state index contributed by atoms with van der Waals surface area (Å²) in [6.45, 7) is 0. The molecule has 0 spiro atoms. The van der Waals surface area contributed by atoms with E-state index in [1.54, 1.807) is 16.9 Å². The fourth-order valence-corrected chi connectivity index (χ4v) is 2.86. The first-order chi connectivity index (χ1) is 10.8. The molecule has 3 N–H and O–H groups in total. The van der Waals surface area contributed by atoms with Crippen LogP contribution in [-0.2, 0) is 0 Å². The molecule has 0 unspecified atom stereocenters. The third-order valence-corrected chi connectivity index (χ3v) is 3.98. The summed E-state index contributed by atoms with van der Waals surface area (Å²) in [5.41, 5.74) is 8.34. The second-order valence-electron chi connectivity index (χ2n) is 5.63. The minimum Gasteiger partial charge on any atom is -0.351 e. The van der Waals surface area contributed by atoms with Gasteiger partial charge in [0.15, 0.2) is 5.65 Å². The number of hydrogen-bond acceptors (Lipinski definition) is 6. The SMILES string of the molecule is Cl.N[C@H]1CC[C@H](Nc2nccc(-c3ccn4nccc4n3)n2)C1. The van der Waals surface area contributed by atoms with Crippen LogP contribution in [-0.4, -0.2) is 36.6 Å². The fraction of sp³-hybridized carbons (Fsp3) is 0.333. The smallest absolute Gasteiger partial charge is 0.223 e. The lowest BCUT2D eigenvalue weighted by Gasteiger charge is -2.12. The maximum absolute atomic E-state index is 5.94. The monoisotopic (exact) mass is 331 g/mol. The Morgan fingerprint density at radius 3 is 2.78 bits per heavy atom. The Balaban J connectivity index is 0.00000156. The van der Waals surface area contributed by atoms with E-state index in [1.165, 1.54) is 0 Å². The molecule has 1 aliphatic rings. The molecule has 0 radical (unpaired) electrons. The number of nitrogens with one attached hydrogen (secondary N) is 1. The van der Waals surface area contributed by atoms with Gasteiger partial charge in [0.25, 0.3) is 0 Å². The first kappa shape index (κ1) is 15.6. The zero-order chi connectivity index (χ0) is 14.9. The van der Waals surface area contributed by atoms with Gasteiger partial charge in [0.2, 0.25) is 5.95 Å². The van der Waals surface area contributed by atoms with E-state index in [-0.39, 0.29) is 18.4 Å². The van der Waals surface area contributed by atoms with Crippen molar-refractivity contribution >= 4 is 24.0 Å². The molecule has 8 heteroatoms. The van der Waals surface area contributed by atoms with Gasteiger partial charge < -0.3 is 11.1 Å². The highest BCUT2D eigenvalue weighted by Gasteiger charge is 2.22. The van der Waals surface area contributed by atoms with Crippen LogP contribution in [0.15, 0.2) is 36.8 Å². The zero-order valence-corrected chi connectivity index (χ0v) is 13.3. The molecule has 7 nitrogen and oxygen atoms in total. The van der Waals surface area contributed by atoms with Gasteiger partial charge in [-0.3, -0.25) is 0 Å². The Morgan fingerprint density at radius 2 is 1.96 bits per heavy atom. The van der Waals surface area contributed by atoms with Crippen molar-refractivity contribution in [1.82, 2.24) is 24.6 Å². The predicted octanol–water partition coefficient (Wildman–Crippen LogP) is 1.90. The van der Waals surface area contributed by atoms with E-state index < -0.39 is 0 Å². The Morgan fingerprint density at radius 1 is 1.09 bits per heavy atom. The predicted molar refractivity (Wildman–Crippen MR) is 90.5 cm³/mol. The summed E-state index contributed by atoms with van der Waals surface area (Å²) in [7, 11) is 0. The highest BCUT2D eigenvalue weighted by Crippen LogP contribution is 2.21. The van der Waals surface area contributed by atoms with Crippen LogP contribution < -0.4 is 11.1 Å². The highest BCUT2D eigenvalue weighted by atomic mass is 35.5. The molecule has 0 bridgehead atoms. The van der Waals surface area contributed by atoms with E-state index in [0.717, 1.165) is 36.3 Å². The molecule has 3 aromatic heterocycles. The third kappa shape index (κ3) is 3.25. The van der Waals surface area contributed by atoms with E-state index in [9.17, 15) is 0 Å². The van der Waals surface area contributed by atoms with E-state index in [4.69, 9.17) is 5.73 Å². The van der Waals surface area contributed by atoms with Gasteiger partial charge in [0.05, 0.1) is 17.6 Å². The van der Waals surface area contributed by atoms with Gasteiger partial charge in [-0.2, -0.15) is 5.10 Å². The summed E-state index contributed by atoms with van der Waals surface area (Å²) in [6.07, 6.45) is 8.44. The first-order valence-corrected chi connectivity index (χ1v) is 7.44. The van der Waals surface area contributed by atoms with Crippen molar-refractivity contribution in [3.63, 3.8) is 0 Å². The number of anilines is 1. The lowest BCUT2D eigenvalue weighted by Crippen LogP contribution is -2.21. The van der Waals surface area contributed by atoms with Gasteiger partial charge >= 0.3 is 0 Å². The summed E-state index contributed by atoms with van der Waals surface area (Å²) in [5, 5.41) is 7.51. The highest BCUT2D eigenvalue weighted by molar-refractivity contribution is 5.85. The van der Waals surface area contributed by atoms with Gasteiger partial charge in [-0.1, -0.05) is 0 Å². The fourth-order valence-electron chi connectivity index (χ4n) is 2.86. The number of nitrogens with two attached hydrogens (primary N) is 1. The van der Waals surface area contributed by atoms with E-state index in [0.29, 0.717) is 12.0 Å². The second kappa shape index (κ2) is 6.47. The molecule has 0 saturated heterocycles. The van der Waals surface area contributed by atoms with E-state index >= 15 is 0 Å². The van der Waals surface area contributed by atoms with Crippen molar-refractivity contribution in [2.45, 2.75) is 31.3 Å². The average molecular weight is 332 g/mol. The molecule has 4 rings (SSSR count). The minimum atomic E-state index is 0. The van der Waals surface area contributed by atoms with Crippen molar-refractivity contribution < 1.29 is 0 Å². The number of aromatic nitrogens is 5. The van der Waals surface area contributed by atoms with Crippen LogP contribution in [0, 0.1) is 0 Å². The van der Waals surface area contributed by atoms with Crippen molar-refractivity contribution in [3.8, 4) is 11.4 Å². The Hall–Kier alpha value is -2.25. The average Bonchev–Trinajstić information content (AvgIpc) is 3.15. The number of fused-ring (bicyclic) bond motifs is 1. The molecule has 0 aromatic carbocycles. The largest absolute Gasteiger partial charge is 0.351 e. The van der Waals surface area contributed by atoms with Gasteiger partial charge in [-0.05, 0) is 31.4 Å². The summed E-state index contributed by atoms with van der Waals surface area (Å²) < 4.78 is 1.73. The maximum atomic E-state index is 5.94. The van der Waals surface area contributed by atoms with Crippen LogP contribution >= 0.6 is 12.4 Å². The normalized spacial score (nSPS) is 20.4. The van der Waals surface area contributed by atoms with Crippen molar-refractivity contribution in [2.24, 2.45) is 5.73 Å². The Labute approximate surface area is 139 Å². The number of hydrogen-bond donors (Lipinski definition) is 2. The molecule has 1 saturated carbocycles. The molecule has 2 atom stereocenters. The molecule has 1 fully saturated rings. The number of nitrogens with zero attached hydrogens (tertiary/aromatic N) is 5. The van der Waals surface area contributed by atoms with Crippen LogP contribution in [0.5, 0.6) is 0 Å². The second-order valence-corrected chi connectivity index (χ2v) is 5.63. The van der Waals surface area contributed by atoms with Crippen LogP contribution in [0.3, 0.4) is 0 Å². The molecule has 3 aromatic rings. The van der Waals surface area contributed by atoms with Crippen LogP contribution in [0.4, 0.5) is 5.95 Å². The van der Waals surface area contributed by atoms with Crippen LogP contribution in [0.1, 0.15) is 19.3 Å². The summed E-state index contributed by atoms with van der Waals surface area (Å²) in [4.78, 5) is 13.4. The van der Waals surface area contributed by atoms with Gasteiger partial charge in [0, 0.05) is 30.5 Å². The molecule has 120 valence electrons. The van der Waals surface area contributed by atoms with Gasteiger partial charge in [-0.25, -0.2) is 19.5 Å². The Kier molecular flexibility index (Phi) is 4.40. The van der Waals surface area contributed by atoms with Gasteiger partial charge in [-0.15, -0.1) is 12.4 Å². The zero-order valence-electron chi connectivity index (χ0n) is 12.5. The van der Waals surface area contributed by atoms with Crippen molar-refractivity contribution in [3.05, 3.63) is 36.8 Å². The van der Waals surface area contributed by atoms with Crippen molar-refractivity contribution in [2.75, 3.05) is 5.32 Å². The molecular formula is C15H18ClN7. The van der Waals surface area contributed by atoms with E-state index in [1.807, 2.05) is 24.4 Å². The van der Waals surface area contributed by atoms with Crippen molar-refractivity contribution in [1.29, 1.82) is 0 Å². The Bertz CT molecular complexity index is 803. The summed E-state index contributed by atoms with van der Waals surface area (Å²) >= 11 is 0. The molecular weight excluding hydrogens is 314 g/mol. The quantitative estimate of drug-likeness (QED) is 0.761. The molecule has 1 aliphatic carbocycles. The topological polar surface area (TPSA) is 94.0 Å². The van der Waals surface area contributed by atoms with Crippen LogP contribution in [0.2, 0.25) is 0 Å². The summed E-state index contributed by atoms with van der Waals surface area (Å²) in [6, 6.07) is 6.27. The molecule has 0 aliphatic heterocycles. The minimum absolute atomic E-state index is 0. The molecule has 3 heterocycles. The van der Waals surface area contributed by atoms with Gasteiger partial charge in [0.1, 0.15) is 0 Å². The number of halogens is 1. The lowest BCUT2D eigenvalue weighted by molar-refractivity contribution is 0.685.